The van der Waals surface area contributed by atoms with Crippen molar-refractivity contribution in [3.05, 3.63) is 36.0 Å². The fourth-order valence-electron chi connectivity index (χ4n) is 1.91. The number of benzene rings is 1. The van der Waals surface area contributed by atoms with Crippen LogP contribution in [-0.2, 0) is 11.8 Å². The van der Waals surface area contributed by atoms with Gasteiger partial charge in [0.15, 0.2) is 6.10 Å². The molecular formula is C12H13NO4. The molecule has 90 valence electrons. The van der Waals surface area contributed by atoms with Crippen LogP contribution in [0.1, 0.15) is 11.7 Å². The van der Waals surface area contributed by atoms with Crippen LogP contribution in [0.15, 0.2) is 30.5 Å². The maximum atomic E-state index is 10.6. The summed E-state index contributed by atoms with van der Waals surface area (Å²) in [6.45, 7) is 0. The monoisotopic (exact) mass is 235 g/mol. The Balaban J connectivity index is 2.52. The zero-order chi connectivity index (χ0) is 12.6. The van der Waals surface area contributed by atoms with Gasteiger partial charge in [0.05, 0.1) is 0 Å². The zero-order valence-electron chi connectivity index (χ0n) is 9.24. The number of rotatable bonds is 3. The van der Waals surface area contributed by atoms with Crippen molar-refractivity contribution in [1.29, 1.82) is 0 Å². The van der Waals surface area contributed by atoms with E-state index in [1.807, 2.05) is 12.1 Å². The first-order valence-electron chi connectivity index (χ1n) is 5.15. The molecule has 2 rings (SSSR count). The lowest BCUT2D eigenvalue weighted by Gasteiger charge is -2.12. The van der Waals surface area contributed by atoms with Crippen molar-refractivity contribution in [2.24, 2.45) is 7.05 Å². The molecule has 0 aliphatic heterocycles. The van der Waals surface area contributed by atoms with Crippen molar-refractivity contribution < 1.29 is 20.1 Å². The predicted molar refractivity (Wildman–Crippen MR) is 61.5 cm³/mol. The topological polar surface area (TPSA) is 82.7 Å². The third-order valence-corrected chi connectivity index (χ3v) is 2.80. The second kappa shape index (κ2) is 4.20. The van der Waals surface area contributed by atoms with Crippen molar-refractivity contribution in [2.75, 3.05) is 0 Å². The van der Waals surface area contributed by atoms with Crippen molar-refractivity contribution in [3.63, 3.8) is 0 Å². The summed E-state index contributed by atoms with van der Waals surface area (Å²) < 4.78 is 1.78. The van der Waals surface area contributed by atoms with Gasteiger partial charge < -0.3 is 19.9 Å². The van der Waals surface area contributed by atoms with Gasteiger partial charge in [-0.3, -0.25) is 0 Å². The van der Waals surface area contributed by atoms with Crippen molar-refractivity contribution in [3.8, 4) is 0 Å². The van der Waals surface area contributed by atoms with Gasteiger partial charge in [-0.15, -0.1) is 0 Å². The highest BCUT2D eigenvalue weighted by Gasteiger charge is 2.27. The fraction of sp³-hybridized carbons (Fsp3) is 0.250. The highest BCUT2D eigenvalue weighted by molar-refractivity contribution is 5.85. The molecule has 2 aromatic rings. The van der Waals surface area contributed by atoms with E-state index in [1.165, 1.54) is 0 Å². The van der Waals surface area contributed by atoms with E-state index in [0.717, 1.165) is 10.9 Å². The lowest BCUT2D eigenvalue weighted by Crippen LogP contribution is -2.27. The molecular weight excluding hydrogens is 222 g/mol. The Bertz CT molecular complexity index is 561. The molecule has 1 aromatic heterocycles. The summed E-state index contributed by atoms with van der Waals surface area (Å²) in [4.78, 5) is 10.6. The number of carbonyl (C=O) groups is 1. The highest BCUT2D eigenvalue weighted by atomic mass is 16.4. The lowest BCUT2D eigenvalue weighted by atomic mass is 10.0. The minimum Gasteiger partial charge on any atom is -0.479 e. The summed E-state index contributed by atoms with van der Waals surface area (Å²) in [5.74, 6) is -1.44. The van der Waals surface area contributed by atoms with Gasteiger partial charge in [-0.1, -0.05) is 18.2 Å². The molecule has 0 spiro atoms. The van der Waals surface area contributed by atoms with Crippen LogP contribution in [0.4, 0.5) is 0 Å². The summed E-state index contributed by atoms with van der Waals surface area (Å²) in [7, 11) is 1.80. The minimum atomic E-state index is -1.82. The Hall–Kier alpha value is -1.85. The molecule has 1 aromatic carbocycles. The molecule has 0 aliphatic carbocycles. The van der Waals surface area contributed by atoms with Gasteiger partial charge in [-0.05, 0) is 6.07 Å². The highest BCUT2D eigenvalue weighted by Crippen LogP contribution is 2.27. The first kappa shape index (κ1) is 11.6. The number of carboxylic acid groups (broad SMARTS) is 1. The quantitative estimate of drug-likeness (QED) is 0.729. The molecule has 0 aliphatic rings. The lowest BCUT2D eigenvalue weighted by molar-refractivity contribution is -0.153. The first-order chi connectivity index (χ1) is 8.02. The van der Waals surface area contributed by atoms with E-state index in [-0.39, 0.29) is 0 Å². The number of aromatic nitrogens is 1. The normalized spacial score (nSPS) is 14.8. The Morgan fingerprint density at radius 2 is 1.94 bits per heavy atom. The number of aliphatic hydroxyl groups is 2. The maximum absolute atomic E-state index is 10.6. The second-order valence-electron chi connectivity index (χ2n) is 3.94. The number of para-hydroxylation sites is 1. The molecule has 1 heterocycles. The van der Waals surface area contributed by atoms with Crippen molar-refractivity contribution >= 4 is 16.9 Å². The molecule has 0 fully saturated rings. The number of aliphatic carboxylic acids is 1. The standard InChI is InChI=1S/C12H13NO4/c1-13-6-8(10(14)11(15)12(16)17)7-4-2-3-5-9(7)13/h2-6,10-11,14-15H,1H3,(H,16,17). The third kappa shape index (κ3) is 1.90. The van der Waals surface area contributed by atoms with E-state index in [2.05, 4.69) is 0 Å². The van der Waals surface area contributed by atoms with Crippen LogP contribution in [0.2, 0.25) is 0 Å². The number of aryl methyl sites for hydroxylation is 1. The molecule has 17 heavy (non-hydrogen) atoms. The number of nitrogens with zero attached hydrogens (tertiary/aromatic N) is 1. The molecule has 2 atom stereocenters. The molecule has 0 saturated heterocycles. The molecule has 5 nitrogen and oxygen atoms in total. The predicted octanol–water partition coefficient (Wildman–Crippen LogP) is 0.657. The van der Waals surface area contributed by atoms with Gasteiger partial charge in [0.1, 0.15) is 6.10 Å². The SMILES string of the molecule is Cn1cc(C(O)C(O)C(=O)O)c2ccccc21. The average Bonchev–Trinajstić information content (AvgIpc) is 2.65. The minimum absolute atomic E-state index is 0.415. The Labute approximate surface area is 97.5 Å². The summed E-state index contributed by atoms with van der Waals surface area (Å²) in [6.07, 6.45) is -1.62. The van der Waals surface area contributed by atoms with Crippen LogP contribution in [0.25, 0.3) is 10.9 Å². The van der Waals surface area contributed by atoms with Gasteiger partial charge in [-0.25, -0.2) is 4.79 Å². The molecule has 0 radical (unpaired) electrons. The summed E-state index contributed by atoms with van der Waals surface area (Å²) >= 11 is 0. The molecule has 0 saturated carbocycles. The third-order valence-electron chi connectivity index (χ3n) is 2.80. The van der Waals surface area contributed by atoms with Crippen LogP contribution < -0.4 is 0 Å². The molecule has 2 unspecified atom stereocenters. The van der Waals surface area contributed by atoms with E-state index < -0.39 is 18.2 Å². The van der Waals surface area contributed by atoms with E-state index in [9.17, 15) is 15.0 Å². The number of aliphatic hydroxyl groups excluding tert-OH is 2. The summed E-state index contributed by atoms with van der Waals surface area (Å²) in [5, 5.41) is 28.6. The van der Waals surface area contributed by atoms with Crippen LogP contribution in [0, 0.1) is 0 Å². The van der Waals surface area contributed by atoms with Gasteiger partial charge >= 0.3 is 5.97 Å². The number of hydrogen-bond donors (Lipinski definition) is 3. The van der Waals surface area contributed by atoms with E-state index in [0.29, 0.717) is 5.56 Å². The Kier molecular flexibility index (Phi) is 2.87. The molecule has 0 bridgehead atoms. The van der Waals surface area contributed by atoms with Crippen molar-refractivity contribution in [1.82, 2.24) is 4.57 Å². The fourth-order valence-corrected chi connectivity index (χ4v) is 1.91. The van der Waals surface area contributed by atoms with Gasteiger partial charge in [0.2, 0.25) is 0 Å². The number of carboxylic acids is 1. The molecule has 5 heteroatoms. The van der Waals surface area contributed by atoms with Gasteiger partial charge in [0, 0.05) is 29.7 Å². The largest absolute Gasteiger partial charge is 0.479 e. The van der Waals surface area contributed by atoms with Crippen LogP contribution in [0.5, 0.6) is 0 Å². The summed E-state index contributed by atoms with van der Waals surface area (Å²) in [6, 6.07) is 7.29. The van der Waals surface area contributed by atoms with Crippen LogP contribution in [0.3, 0.4) is 0 Å². The smallest absolute Gasteiger partial charge is 0.335 e. The van der Waals surface area contributed by atoms with E-state index in [4.69, 9.17) is 5.11 Å². The van der Waals surface area contributed by atoms with Crippen LogP contribution in [-0.4, -0.2) is 32.0 Å². The number of hydrogen-bond acceptors (Lipinski definition) is 3. The molecule has 3 N–H and O–H groups in total. The Morgan fingerprint density at radius 1 is 1.29 bits per heavy atom. The van der Waals surface area contributed by atoms with E-state index >= 15 is 0 Å². The zero-order valence-corrected chi connectivity index (χ0v) is 9.24. The average molecular weight is 235 g/mol. The second-order valence-corrected chi connectivity index (χ2v) is 3.94. The maximum Gasteiger partial charge on any atom is 0.335 e. The molecule has 0 amide bonds. The number of fused-ring (bicyclic) bond motifs is 1. The summed E-state index contributed by atoms with van der Waals surface area (Å²) in [5.41, 5.74) is 1.29. The van der Waals surface area contributed by atoms with E-state index in [1.54, 1.807) is 29.9 Å². The van der Waals surface area contributed by atoms with Crippen LogP contribution >= 0.6 is 0 Å². The van der Waals surface area contributed by atoms with Gasteiger partial charge in [-0.2, -0.15) is 0 Å². The Morgan fingerprint density at radius 3 is 2.59 bits per heavy atom. The first-order valence-corrected chi connectivity index (χ1v) is 5.15. The van der Waals surface area contributed by atoms with Gasteiger partial charge in [0.25, 0.3) is 0 Å². The van der Waals surface area contributed by atoms with Crippen molar-refractivity contribution in [2.45, 2.75) is 12.2 Å².